The molecular formula is C8H13INO-. The first-order valence-corrected chi connectivity index (χ1v) is 6.96. The van der Waals surface area contributed by atoms with E-state index < -0.39 is 0 Å². The van der Waals surface area contributed by atoms with Crippen LogP contribution in [0, 0.1) is 10.8 Å². The number of hydrogen-bond acceptors (Lipinski definition) is 2. The van der Waals surface area contributed by atoms with E-state index in [0.29, 0.717) is 4.55 Å². The molecule has 0 bridgehead atoms. The first-order chi connectivity index (χ1) is 5.43. The van der Waals surface area contributed by atoms with Crippen LogP contribution in [0.2, 0.25) is 0 Å². The Hall–Kier alpha value is 0.0700. The summed E-state index contributed by atoms with van der Waals surface area (Å²) in [6, 6.07) is 0. The molecule has 0 aromatic heterocycles. The molecular weight excluding hydrogens is 253 g/mol. The summed E-state index contributed by atoms with van der Waals surface area (Å²) in [4.78, 5) is 9.77. The number of allylic oxidation sites excluding steroid dienone is 2. The molecule has 0 aliphatic heterocycles. The Kier molecular flexibility index (Phi) is 4.74. The van der Waals surface area contributed by atoms with Gasteiger partial charge in [0.25, 0.3) is 0 Å². The Balaban J connectivity index is 1.91. The van der Waals surface area contributed by atoms with E-state index in [1.807, 2.05) is 0 Å². The number of halogens is 1. The molecule has 0 aromatic rings. The van der Waals surface area contributed by atoms with Crippen LogP contribution in [-0.2, 0) is 0 Å². The molecule has 3 heteroatoms. The second-order valence-corrected chi connectivity index (χ2v) is 5.56. The van der Waals surface area contributed by atoms with Crippen LogP contribution in [-0.4, -0.2) is 8.98 Å². The zero-order valence-corrected chi connectivity index (χ0v) is 8.66. The molecule has 0 amide bonds. The zero-order chi connectivity index (χ0) is 7.94. The number of nitroso groups, excluding NO2 is 1. The first kappa shape index (κ1) is 9.16. The zero-order valence-electron chi connectivity index (χ0n) is 6.50. The third-order valence-electron chi connectivity index (χ3n) is 1.89. The topological polar surface area (TPSA) is 29.4 Å². The van der Waals surface area contributed by atoms with Gasteiger partial charge in [-0.25, -0.2) is 0 Å². The maximum atomic E-state index is 9.77. The van der Waals surface area contributed by atoms with Gasteiger partial charge >= 0.3 is 77.6 Å². The Labute approximate surface area is 77.7 Å². The van der Waals surface area contributed by atoms with E-state index in [-0.39, 0.29) is 21.2 Å². The molecule has 0 heterocycles. The monoisotopic (exact) mass is 266 g/mol. The summed E-state index contributed by atoms with van der Waals surface area (Å²) in [6.07, 6.45) is 8.37. The van der Waals surface area contributed by atoms with Crippen molar-refractivity contribution in [1.29, 1.82) is 0 Å². The van der Waals surface area contributed by atoms with Crippen molar-refractivity contribution in [2.75, 3.05) is 8.98 Å². The van der Waals surface area contributed by atoms with E-state index in [1.54, 1.807) is 0 Å². The van der Waals surface area contributed by atoms with Gasteiger partial charge in [0, 0.05) is 0 Å². The molecule has 2 nitrogen and oxygen atoms in total. The molecule has 1 rings (SSSR count). The third-order valence-corrected chi connectivity index (χ3v) is 4.04. The molecule has 0 fully saturated rings. The van der Waals surface area contributed by atoms with E-state index in [4.69, 9.17) is 0 Å². The van der Waals surface area contributed by atoms with Gasteiger partial charge < -0.3 is 0 Å². The summed E-state index contributed by atoms with van der Waals surface area (Å²) >= 11 is 0.0998. The van der Waals surface area contributed by atoms with Gasteiger partial charge in [-0.3, -0.25) is 0 Å². The van der Waals surface area contributed by atoms with E-state index >= 15 is 0 Å². The molecule has 0 saturated carbocycles. The Morgan fingerprint density at radius 2 is 2.18 bits per heavy atom. The van der Waals surface area contributed by atoms with Gasteiger partial charge in [-0.2, -0.15) is 0 Å². The Bertz CT molecular complexity index is 139. The van der Waals surface area contributed by atoms with Gasteiger partial charge in [0.1, 0.15) is 0 Å². The van der Waals surface area contributed by atoms with Gasteiger partial charge in [0.2, 0.25) is 0 Å². The van der Waals surface area contributed by atoms with E-state index in [2.05, 4.69) is 17.3 Å². The molecule has 0 spiro atoms. The van der Waals surface area contributed by atoms with Gasteiger partial charge in [0.05, 0.1) is 0 Å². The van der Waals surface area contributed by atoms with Crippen LogP contribution in [0.5, 0.6) is 0 Å². The Morgan fingerprint density at radius 3 is 2.82 bits per heavy atom. The van der Waals surface area contributed by atoms with Crippen molar-refractivity contribution in [3.63, 3.8) is 0 Å². The van der Waals surface area contributed by atoms with Crippen LogP contribution >= 0.6 is 0 Å². The van der Waals surface area contributed by atoms with Crippen LogP contribution in [0.25, 0.3) is 0 Å². The summed E-state index contributed by atoms with van der Waals surface area (Å²) in [7, 11) is 0. The van der Waals surface area contributed by atoms with Crippen molar-refractivity contribution in [2.24, 2.45) is 11.1 Å². The molecule has 11 heavy (non-hydrogen) atoms. The Morgan fingerprint density at radius 1 is 1.45 bits per heavy atom. The van der Waals surface area contributed by atoms with Crippen LogP contribution in [0.1, 0.15) is 19.3 Å². The molecule has 0 saturated heterocycles. The van der Waals surface area contributed by atoms with E-state index in [1.165, 1.54) is 23.7 Å². The van der Waals surface area contributed by atoms with Crippen LogP contribution in [0.15, 0.2) is 17.3 Å². The minimum atomic E-state index is 0.0998. The number of alkyl halides is 2. The summed E-state index contributed by atoms with van der Waals surface area (Å²) in [5.41, 5.74) is 0. The van der Waals surface area contributed by atoms with E-state index in [9.17, 15) is 4.91 Å². The second-order valence-electron chi connectivity index (χ2n) is 2.72. The first-order valence-electron chi connectivity index (χ1n) is 3.91. The summed E-state index contributed by atoms with van der Waals surface area (Å²) in [5, 5.41) is 2.88. The summed E-state index contributed by atoms with van der Waals surface area (Å²) < 4.78 is 1.88. The fourth-order valence-corrected chi connectivity index (χ4v) is 3.09. The maximum absolute atomic E-state index is 9.77. The second kappa shape index (κ2) is 5.69. The minimum absolute atomic E-state index is 0.0998. The van der Waals surface area contributed by atoms with Crippen molar-refractivity contribution < 1.29 is 21.2 Å². The van der Waals surface area contributed by atoms with Crippen molar-refractivity contribution in [1.82, 2.24) is 0 Å². The fraction of sp³-hybridized carbons (Fsp3) is 0.750. The molecule has 0 aromatic carbocycles. The molecule has 64 valence electrons. The van der Waals surface area contributed by atoms with Crippen molar-refractivity contribution >= 4 is 0 Å². The molecule has 0 radical (unpaired) electrons. The predicted molar refractivity (Wildman–Crippen MR) is 42.0 cm³/mol. The SMILES string of the molecule is O=NC[I-]CCC1CC=CC1. The summed E-state index contributed by atoms with van der Waals surface area (Å²) in [5.74, 6) is 0.890. The third kappa shape index (κ3) is 3.84. The number of rotatable bonds is 5. The van der Waals surface area contributed by atoms with Gasteiger partial charge in [0.15, 0.2) is 0 Å². The van der Waals surface area contributed by atoms with Crippen LogP contribution < -0.4 is 21.2 Å². The van der Waals surface area contributed by atoms with Crippen LogP contribution in [0.3, 0.4) is 0 Å². The average molecular weight is 266 g/mol. The quantitative estimate of drug-likeness (QED) is 0.159. The van der Waals surface area contributed by atoms with Gasteiger partial charge in [-0.1, -0.05) is 0 Å². The molecule has 0 unspecified atom stereocenters. The number of nitrogens with zero attached hydrogens (tertiary/aromatic N) is 1. The van der Waals surface area contributed by atoms with Crippen molar-refractivity contribution in [3.8, 4) is 0 Å². The fourth-order valence-electron chi connectivity index (χ4n) is 1.23. The average Bonchev–Trinajstić information content (AvgIpc) is 2.50. The van der Waals surface area contributed by atoms with Gasteiger partial charge in [-0.15, -0.1) is 0 Å². The normalized spacial score (nSPS) is 17.8. The number of hydrogen-bond donors (Lipinski definition) is 0. The van der Waals surface area contributed by atoms with E-state index in [0.717, 1.165) is 5.92 Å². The predicted octanol–water partition coefficient (Wildman–Crippen LogP) is -0.844. The standard InChI is InChI=1S/C8H13INO/c11-10-7-9-6-5-8-3-1-2-4-8/h1-2,8H,3-7H2/q-1. The van der Waals surface area contributed by atoms with Crippen molar-refractivity contribution in [3.05, 3.63) is 17.1 Å². The molecule has 1 aliphatic carbocycles. The van der Waals surface area contributed by atoms with Crippen molar-refractivity contribution in [2.45, 2.75) is 19.3 Å². The summed E-state index contributed by atoms with van der Waals surface area (Å²) in [6.45, 7) is 0. The molecule has 0 N–H and O–H groups in total. The van der Waals surface area contributed by atoms with Gasteiger partial charge in [-0.05, 0) is 0 Å². The molecule has 1 aliphatic rings. The molecule has 0 atom stereocenters. The van der Waals surface area contributed by atoms with Crippen LogP contribution in [0.4, 0.5) is 0 Å².